The molecule has 0 aliphatic carbocycles. The number of benzene rings is 1. The van der Waals surface area contributed by atoms with Crippen molar-refractivity contribution in [3.05, 3.63) is 52.8 Å². The smallest absolute Gasteiger partial charge is 0.152 e. The fourth-order valence-corrected chi connectivity index (χ4v) is 2.48. The van der Waals surface area contributed by atoms with Crippen molar-refractivity contribution in [3.8, 4) is 23.1 Å². The van der Waals surface area contributed by atoms with Crippen molar-refractivity contribution < 1.29 is 4.74 Å². The Morgan fingerprint density at radius 1 is 1.29 bits per heavy atom. The largest absolute Gasteiger partial charge is 0.496 e. The van der Waals surface area contributed by atoms with Gasteiger partial charge in [-0.15, -0.1) is 0 Å². The summed E-state index contributed by atoms with van der Waals surface area (Å²) in [6, 6.07) is 11.5. The number of pyridine rings is 1. The molecule has 0 radical (unpaired) electrons. The molecule has 21 heavy (non-hydrogen) atoms. The normalized spacial score (nSPS) is 10.6. The second kappa shape index (κ2) is 5.12. The first-order valence-corrected chi connectivity index (χ1v) is 6.74. The van der Waals surface area contributed by atoms with E-state index < -0.39 is 0 Å². The van der Waals surface area contributed by atoms with Crippen molar-refractivity contribution in [2.75, 3.05) is 7.11 Å². The third-order valence-corrected chi connectivity index (χ3v) is 3.54. The van der Waals surface area contributed by atoms with Gasteiger partial charge in [0.1, 0.15) is 23.2 Å². The fourth-order valence-electron chi connectivity index (χ4n) is 2.32. The standard InChI is InChI=1S/C16H12ClN3O/c1-10-3-4-14(21-2)12(7-10)16-13(9-18)20-6-5-11(17)8-15(20)19-16/h3-8H,1-2H3. The number of aryl methyl sites for hydroxylation is 1. The third-order valence-electron chi connectivity index (χ3n) is 3.30. The summed E-state index contributed by atoms with van der Waals surface area (Å²) in [6.45, 7) is 1.99. The number of nitriles is 1. The molecule has 0 spiro atoms. The van der Waals surface area contributed by atoms with Gasteiger partial charge in [-0.05, 0) is 25.1 Å². The summed E-state index contributed by atoms with van der Waals surface area (Å²) in [4.78, 5) is 4.54. The van der Waals surface area contributed by atoms with Gasteiger partial charge in [-0.25, -0.2) is 4.98 Å². The van der Waals surface area contributed by atoms with Crippen LogP contribution in [0.1, 0.15) is 11.3 Å². The van der Waals surface area contributed by atoms with Crippen LogP contribution in [-0.4, -0.2) is 16.5 Å². The van der Waals surface area contributed by atoms with E-state index in [4.69, 9.17) is 16.3 Å². The lowest BCUT2D eigenvalue weighted by molar-refractivity contribution is 0.416. The van der Waals surface area contributed by atoms with Gasteiger partial charge < -0.3 is 4.74 Å². The topological polar surface area (TPSA) is 50.3 Å². The van der Waals surface area contributed by atoms with Crippen LogP contribution in [0.2, 0.25) is 5.02 Å². The average Bonchev–Trinajstić information content (AvgIpc) is 2.84. The summed E-state index contributed by atoms with van der Waals surface area (Å²) in [5.41, 5.74) is 3.57. The number of hydrogen-bond acceptors (Lipinski definition) is 3. The van der Waals surface area contributed by atoms with Gasteiger partial charge in [0.05, 0.1) is 7.11 Å². The van der Waals surface area contributed by atoms with Crippen LogP contribution in [0.25, 0.3) is 16.9 Å². The van der Waals surface area contributed by atoms with Crippen molar-refractivity contribution >= 4 is 17.2 Å². The van der Waals surface area contributed by atoms with Gasteiger partial charge >= 0.3 is 0 Å². The minimum atomic E-state index is 0.463. The second-order valence-corrected chi connectivity index (χ2v) is 5.13. The van der Waals surface area contributed by atoms with Crippen LogP contribution >= 0.6 is 11.6 Å². The maximum atomic E-state index is 9.48. The van der Waals surface area contributed by atoms with Crippen LogP contribution in [0.4, 0.5) is 0 Å². The summed E-state index contributed by atoms with van der Waals surface area (Å²) < 4.78 is 7.11. The van der Waals surface area contributed by atoms with E-state index in [0.717, 1.165) is 11.1 Å². The molecule has 3 rings (SSSR count). The first kappa shape index (κ1) is 13.5. The molecule has 0 saturated carbocycles. The number of methoxy groups -OCH3 is 1. The Balaban J connectivity index is 2.35. The Kier molecular flexibility index (Phi) is 3.28. The van der Waals surface area contributed by atoms with Crippen LogP contribution in [0.5, 0.6) is 5.75 Å². The summed E-state index contributed by atoms with van der Waals surface area (Å²) in [6.07, 6.45) is 1.75. The number of fused-ring (bicyclic) bond motifs is 1. The molecule has 0 aliphatic rings. The van der Waals surface area contributed by atoms with Gasteiger partial charge in [-0.2, -0.15) is 5.26 Å². The van der Waals surface area contributed by atoms with Crippen molar-refractivity contribution in [3.63, 3.8) is 0 Å². The Labute approximate surface area is 127 Å². The highest BCUT2D eigenvalue weighted by molar-refractivity contribution is 6.30. The number of rotatable bonds is 2. The summed E-state index contributed by atoms with van der Waals surface area (Å²) in [5.74, 6) is 0.687. The molecule has 0 saturated heterocycles. The molecule has 3 aromatic rings. The van der Waals surface area contributed by atoms with Crippen LogP contribution in [0.15, 0.2) is 36.5 Å². The lowest BCUT2D eigenvalue weighted by atomic mass is 10.1. The maximum Gasteiger partial charge on any atom is 0.152 e. The zero-order chi connectivity index (χ0) is 15.0. The van der Waals surface area contributed by atoms with E-state index >= 15 is 0 Å². The molecule has 1 aromatic carbocycles. The summed E-state index contributed by atoms with van der Waals surface area (Å²) in [7, 11) is 1.60. The number of ether oxygens (including phenoxy) is 1. The van der Waals surface area contributed by atoms with E-state index in [9.17, 15) is 5.26 Å². The maximum absolute atomic E-state index is 9.48. The summed E-state index contributed by atoms with van der Waals surface area (Å²) in [5, 5.41) is 10.1. The molecule has 0 amide bonds. The molecule has 0 unspecified atom stereocenters. The molecular formula is C16H12ClN3O. The van der Waals surface area contributed by atoms with E-state index in [2.05, 4.69) is 11.1 Å². The summed E-state index contributed by atoms with van der Waals surface area (Å²) >= 11 is 5.99. The van der Waals surface area contributed by atoms with E-state index in [0.29, 0.717) is 27.8 Å². The van der Waals surface area contributed by atoms with E-state index in [1.165, 1.54) is 0 Å². The highest BCUT2D eigenvalue weighted by atomic mass is 35.5. The fraction of sp³-hybridized carbons (Fsp3) is 0.125. The Morgan fingerprint density at radius 3 is 2.81 bits per heavy atom. The van der Waals surface area contributed by atoms with Crippen molar-refractivity contribution in [1.82, 2.24) is 9.38 Å². The highest BCUT2D eigenvalue weighted by Crippen LogP contribution is 2.33. The van der Waals surface area contributed by atoms with Gasteiger partial charge in [0, 0.05) is 22.8 Å². The Bertz CT molecular complexity index is 877. The number of nitrogens with zero attached hydrogens (tertiary/aromatic N) is 3. The first-order valence-electron chi connectivity index (χ1n) is 6.36. The van der Waals surface area contributed by atoms with Gasteiger partial charge in [0.2, 0.25) is 0 Å². The molecule has 5 heteroatoms. The van der Waals surface area contributed by atoms with Gasteiger partial charge in [0.25, 0.3) is 0 Å². The van der Waals surface area contributed by atoms with Crippen molar-refractivity contribution in [2.45, 2.75) is 6.92 Å². The van der Waals surface area contributed by atoms with Gasteiger partial charge in [-0.1, -0.05) is 23.2 Å². The molecule has 2 heterocycles. The number of imidazole rings is 1. The van der Waals surface area contributed by atoms with E-state index in [1.807, 2.05) is 25.1 Å². The Hall–Kier alpha value is -2.51. The Morgan fingerprint density at radius 2 is 2.10 bits per heavy atom. The van der Waals surface area contributed by atoms with Crippen LogP contribution in [0.3, 0.4) is 0 Å². The van der Waals surface area contributed by atoms with Crippen molar-refractivity contribution in [2.24, 2.45) is 0 Å². The predicted octanol–water partition coefficient (Wildman–Crippen LogP) is 3.84. The minimum absolute atomic E-state index is 0.463. The average molecular weight is 298 g/mol. The molecule has 4 nitrogen and oxygen atoms in total. The number of hydrogen-bond donors (Lipinski definition) is 0. The zero-order valence-electron chi connectivity index (χ0n) is 11.6. The lowest BCUT2D eigenvalue weighted by Gasteiger charge is -2.07. The monoisotopic (exact) mass is 297 g/mol. The molecule has 0 N–H and O–H groups in total. The molecule has 2 aromatic heterocycles. The number of halogens is 1. The van der Waals surface area contributed by atoms with Gasteiger partial charge in [0.15, 0.2) is 5.69 Å². The van der Waals surface area contributed by atoms with Gasteiger partial charge in [-0.3, -0.25) is 4.40 Å². The minimum Gasteiger partial charge on any atom is -0.496 e. The quantitative estimate of drug-likeness (QED) is 0.722. The number of aromatic nitrogens is 2. The molecule has 0 fully saturated rings. The molecular weight excluding hydrogens is 286 g/mol. The SMILES string of the molecule is COc1ccc(C)cc1-c1nc2cc(Cl)ccn2c1C#N. The molecule has 0 aliphatic heterocycles. The highest BCUT2D eigenvalue weighted by Gasteiger charge is 2.17. The first-order chi connectivity index (χ1) is 10.1. The van der Waals surface area contributed by atoms with Crippen LogP contribution in [0, 0.1) is 18.3 Å². The molecule has 0 atom stereocenters. The zero-order valence-corrected chi connectivity index (χ0v) is 12.3. The van der Waals surface area contributed by atoms with Crippen LogP contribution in [-0.2, 0) is 0 Å². The second-order valence-electron chi connectivity index (χ2n) is 4.70. The van der Waals surface area contributed by atoms with Crippen LogP contribution < -0.4 is 4.74 Å². The van der Waals surface area contributed by atoms with E-state index in [-0.39, 0.29) is 0 Å². The molecule has 104 valence electrons. The lowest BCUT2D eigenvalue weighted by Crippen LogP contribution is -1.92. The third kappa shape index (κ3) is 2.22. The van der Waals surface area contributed by atoms with E-state index in [1.54, 1.807) is 29.8 Å². The van der Waals surface area contributed by atoms with Crippen molar-refractivity contribution in [1.29, 1.82) is 5.26 Å². The predicted molar refractivity (Wildman–Crippen MR) is 81.6 cm³/mol. The molecule has 0 bridgehead atoms.